The van der Waals surface area contributed by atoms with Crippen molar-refractivity contribution in [3.05, 3.63) is 53.3 Å². The Morgan fingerprint density at radius 2 is 1.88 bits per heavy atom. The molecule has 6 nitrogen and oxygen atoms in total. The molecule has 0 saturated heterocycles. The van der Waals surface area contributed by atoms with Crippen LogP contribution in [0.25, 0.3) is 0 Å². The van der Waals surface area contributed by atoms with E-state index in [0.29, 0.717) is 6.54 Å². The predicted molar refractivity (Wildman–Crippen MR) is 98.7 cm³/mol. The molecular formula is C18H26N4O2S. The zero-order chi connectivity index (χ0) is 17.9. The van der Waals surface area contributed by atoms with Gasteiger partial charge < -0.3 is 0 Å². The maximum absolute atomic E-state index is 11.8. The lowest BCUT2D eigenvalue weighted by atomic mass is 10.1. The van der Waals surface area contributed by atoms with E-state index in [0.717, 1.165) is 31.7 Å². The first-order valence-corrected chi connectivity index (χ1v) is 10.5. The Kier molecular flexibility index (Phi) is 5.56. The second-order valence-corrected chi connectivity index (χ2v) is 8.61. The number of benzene rings is 1. The van der Waals surface area contributed by atoms with Crippen LogP contribution in [0.3, 0.4) is 0 Å². The Morgan fingerprint density at radius 3 is 2.56 bits per heavy atom. The van der Waals surface area contributed by atoms with Crippen LogP contribution >= 0.6 is 0 Å². The van der Waals surface area contributed by atoms with Crippen molar-refractivity contribution in [3.63, 3.8) is 0 Å². The molecule has 2 heterocycles. The summed E-state index contributed by atoms with van der Waals surface area (Å²) >= 11 is 0. The molecule has 1 aromatic heterocycles. The number of sulfonamides is 1. The lowest BCUT2D eigenvalue weighted by Gasteiger charge is -2.34. The van der Waals surface area contributed by atoms with Crippen LogP contribution in [0.15, 0.2) is 36.5 Å². The molecule has 0 saturated carbocycles. The lowest BCUT2D eigenvalue weighted by molar-refractivity contribution is 0.168. The molecule has 2 aromatic rings. The molecular weight excluding hydrogens is 336 g/mol. The third-order valence-electron chi connectivity index (χ3n) is 4.71. The van der Waals surface area contributed by atoms with Crippen molar-refractivity contribution in [1.29, 1.82) is 0 Å². The summed E-state index contributed by atoms with van der Waals surface area (Å²) in [6.45, 7) is 6.63. The number of aryl methyl sites for hydroxylation is 1. The van der Waals surface area contributed by atoms with Crippen molar-refractivity contribution in [3.8, 4) is 0 Å². The fourth-order valence-corrected chi connectivity index (χ4v) is 3.85. The van der Waals surface area contributed by atoms with Crippen molar-refractivity contribution in [2.24, 2.45) is 0 Å². The van der Waals surface area contributed by atoms with E-state index in [1.807, 2.05) is 10.7 Å². The molecule has 0 spiro atoms. The normalized spacial score (nSPS) is 18.2. The van der Waals surface area contributed by atoms with Gasteiger partial charge in [-0.1, -0.05) is 31.2 Å². The fraction of sp³-hybridized carbons (Fsp3) is 0.500. The van der Waals surface area contributed by atoms with Crippen molar-refractivity contribution < 1.29 is 8.42 Å². The van der Waals surface area contributed by atoms with E-state index in [1.165, 1.54) is 11.1 Å². The van der Waals surface area contributed by atoms with Crippen LogP contribution in [0.4, 0.5) is 0 Å². The van der Waals surface area contributed by atoms with E-state index in [2.05, 4.69) is 45.9 Å². The molecule has 3 rings (SSSR count). The lowest BCUT2D eigenvalue weighted by Crippen LogP contribution is -2.42. The van der Waals surface area contributed by atoms with Crippen molar-refractivity contribution >= 4 is 10.0 Å². The van der Waals surface area contributed by atoms with E-state index < -0.39 is 10.0 Å². The molecule has 0 aliphatic carbocycles. The summed E-state index contributed by atoms with van der Waals surface area (Å²) in [6.07, 6.45) is 2.83. The summed E-state index contributed by atoms with van der Waals surface area (Å²) in [7, 11) is -3.20. The standard InChI is InChI=1S/C18H26N4O2S/c1-3-15-5-7-16(8-6-15)12-21-13-17-9-10-19-22(17)18(14-21)11-20-25(23,24)4-2/h5-10,18,20H,3-4,11-14H2,1-2H3/t18-/m1/s1. The largest absolute Gasteiger partial charge is 0.291 e. The Hall–Kier alpha value is -1.70. The first kappa shape index (κ1) is 18.1. The third-order valence-corrected chi connectivity index (χ3v) is 6.08. The van der Waals surface area contributed by atoms with E-state index >= 15 is 0 Å². The number of hydrogen-bond acceptors (Lipinski definition) is 4. The molecule has 0 bridgehead atoms. The van der Waals surface area contributed by atoms with Gasteiger partial charge in [0.15, 0.2) is 0 Å². The highest BCUT2D eigenvalue weighted by molar-refractivity contribution is 7.89. The molecule has 1 aliphatic heterocycles. The van der Waals surface area contributed by atoms with Crippen LogP contribution in [0, 0.1) is 0 Å². The third kappa shape index (κ3) is 4.48. The summed E-state index contributed by atoms with van der Waals surface area (Å²) in [5.41, 5.74) is 3.74. The van der Waals surface area contributed by atoms with Crippen LogP contribution in [-0.4, -0.2) is 41.9 Å². The number of nitrogens with zero attached hydrogens (tertiary/aromatic N) is 3. The van der Waals surface area contributed by atoms with E-state index in [1.54, 1.807) is 13.1 Å². The van der Waals surface area contributed by atoms with Crippen molar-refractivity contribution in [1.82, 2.24) is 19.4 Å². The smallest absolute Gasteiger partial charge is 0.211 e. The van der Waals surface area contributed by atoms with Gasteiger partial charge in [0.1, 0.15) is 0 Å². The predicted octanol–water partition coefficient (Wildman–Crippen LogP) is 1.94. The Bertz CT molecular complexity index is 799. The highest BCUT2D eigenvalue weighted by Crippen LogP contribution is 2.22. The van der Waals surface area contributed by atoms with Crippen LogP contribution in [0.2, 0.25) is 0 Å². The van der Waals surface area contributed by atoms with Gasteiger partial charge in [-0.3, -0.25) is 9.58 Å². The summed E-state index contributed by atoms with van der Waals surface area (Å²) in [5, 5.41) is 4.38. The van der Waals surface area contributed by atoms with E-state index in [-0.39, 0.29) is 11.8 Å². The molecule has 0 radical (unpaired) electrons. The highest BCUT2D eigenvalue weighted by atomic mass is 32.2. The topological polar surface area (TPSA) is 67.2 Å². The Balaban J connectivity index is 1.70. The Labute approximate surface area is 149 Å². The van der Waals surface area contributed by atoms with Gasteiger partial charge in [0, 0.05) is 32.4 Å². The van der Waals surface area contributed by atoms with Gasteiger partial charge in [-0.2, -0.15) is 5.10 Å². The summed E-state index contributed by atoms with van der Waals surface area (Å²) < 4.78 is 28.2. The molecule has 1 aromatic carbocycles. The van der Waals surface area contributed by atoms with Gasteiger partial charge >= 0.3 is 0 Å². The maximum Gasteiger partial charge on any atom is 0.211 e. The van der Waals surface area contributed by atoms with Crippen LogP contribution in [0.1, 0.15) is 36.7 Å². The molecule has 7 heteroatoms. The van der Waals surface area contributed by atoms with Crippen LogP contribution in [0.5, 0.6) is 0 Å². The molecule has 136 valence electrons. The van der Waals surface area contributed by atoms with Gasteiger partial charge in [-0.15, -0.1) is 0 Å². The summed E-state index contributed by atoms with van der Waals surface area (Å²) in [4.78, 5) is 2.35. The van der Waals surface area contributed by atoms with Gasteiger partial charge in [-0.25, -0.2) is 13.1 Å². The minimum atomic E-state index is -3.20. The second kappa shape index (κ2) is 7.68. The number of aromatic nitrogens is 2. The van der Waals surface area contributed by atoms with Crippen LogP contribution < -0.4 is 4.72 Å². The average molecular weight is 362 g/mol. The molecule has 0 amide bonds. The molecule has 25 heavy (non-hydrogen) atoms. The molecule has 0 fully saturated rings. The minimum absolute atomic E-state index is 0.00925. The number of nitrogens with one attached hydrogen (secondary N) is 1. The van der Waals surface area contributed by atoms with Gasteiger partial charge in [0.25, 0.3) is 0 Å². The molecule has 1 atom stereocenters. The zero-order valence-electron chi connectivity index (χ0n) is 14.9. The summed E-state index contributed by atoms with van der Waals surface area (Å²) in [6, 6.07) is 10.7. The monoisotopic (exact) mass is 362 g/mol. The van der Waals surface area contributed by atoms with Crippen LogP contribution in [-0.2, 0) is 29.5 Å². The first-order valence-electron chi connectivity index (χ1n) is 8.80. The van der Waals surface area contributed by atoms with Gasteiger partial charge in [0.2, 0.25) is 10.0 Å². The number of fused-ring (bicyclic) bond motifs is 1. The number of hydrogen-bond donors (Lipinski definition) is 1. The van der Waals surface area contributed by atoms with E-state index in [4.69, 9.17) is 0 Å². The van der Waals surface area contributed by atoms with Gasteiger partial charge in [0.05, 0.1) is 17.5 Å². The zero-order valence-corrected chi connectivity index (χ0v) is 15.7. The van der Waals surface area contributed by atoms with E-state index in [9.17, 15) is 8.42 Å². The quantitative estimate of drug-likeness (QED) is 0.817. The highest BCUT2D eigenvalue weighted by Gasteiger charge is 2.26. The maximum atomic E-state index is 11.8. The fourth-order valence-electron chi connectivity index (χ4n) is 3.20. The van der Waals surface area contributed by atoms with Crippen molar-refractivity contribution in [2.45, 2.75) is 39.4 Å². The Morgan fingerprint density at radius 1 is 1.16 bits per heavy atom. The first-order chi connectivity index (χ1) is 12.0. The SMILES string of the molecule is CCc1ccc(CN2Cc3ccnn3[C@H](CNS(=O)(=O)CC)C2)cc1. The summed E-state index contributed by atoms with van der Waals surface area (Å²) in [5.74, 6) is 0.0964. The molecule has 1 N–H and O–H groups in total. The average Bonchev–Trinajstić information content (AvgIpc) is 3.09. The molecule has 0 unspecified atom stereocenters. The molecule has 1 aliphatic rings. The van der Waals surface area contributed by atoms with Crippen molar-refractivity contribution in [2.75, 3.05) is 18.8 Å². The van der Waals surface area contributed by atoms with Gasteiger partial charge in [-0.05, 0) is 30.5 Å². The number of rotatable bonds is 7. The minimum Gasteiger partial charge on any atom is -0.291 e. The second-order valence-electron chi connectivity index (χ2n) is 6.51.